The van der Waals surface area contributed by atoms with Crippen LogP contribution >= 0.6 is 0 Å². The smallest absolute Gasteiger partial charge is 0.433 e. The fourth-order valence-electron chi connectivity index (χ4n) is 2.83. The van der Waals surface area contributed by atoms with Crippen LogP contribution in [0.2, 0.25) is 0 Å². The molecule has 3 rings (SSSR count). The second kappa shape index (κ2) is 7.31. The Morgan fingerprint density at radius 1 is 1.31 bits per heavy atom. The number of hydrogen-bond acceptors (Lipinski definition) is 4. The highest BCUT2D eigenvalue weighted by atomic mass is 19.4. The summed E-state index contributed by atoms with van der Waals surface area (Å²) in [4.78, 5) is 19.8. The van der Waals surface area contributed by atoms with Crippen LogP contribution in [0.5, 0.6) is 5.75 Å². The van der Waals surface area contributed by atoms with E-state index < -0.39 is 11.9 Å². The number of aromatic nitrogens is 2. The molecule has 138 valence electrons. The summed E-state index contributed by atoms with van der Waals surface area (Å²) in [6.07, 6.45) is -3.82. The summed E-state index contributed by atoms with van der Waals surface area (Å²) in [6, 6.07) is 8.43. The fourth-order valence-corrected chi connectivity index (χ4v) is 2.83. The predicted octanol–water partition coefficient (Wildman–Crippen LogP) is 2.71. The first-order valence-corrected chi connectivity index (χ1v) is 8.23. The van der Waals surface area contributed by atoms with Gasteiger partial charge in [-0.05, 0) is 31.0 Å². The number of carbonyl (C=O) groups excluding carboxylic acids is 1. The Balaban J connectivity index is 1.56. The first-order chi connectivity index (χ1) is 12.3. The first kappa shape index (κ1) is 18.2. The molecule has 1 aliphatic heterocycles. The number of fused-ring (bicyclic) bond motifs is 1. The van der Waals surface area contributed by atoms with Crippen LogP contribution in [-0.4, -0.2) is 29.0 Å². The standard InChI is InChI=1S/C18H18F3N3O2/c1-11-8-15(18(19,20)21)24-16(23-11)6-7-22-17(25)13-9-12-4-2-3-5-14(12)26-10-13/h2-5,8,13H,6-7,9-10H2,1H3,(H,22,25)/t13-/m0/s1. The van der Waals surface area contributed by atoms with Crippen LogP contribution < -0.4 is 10.1 Å². The second-order valence-corrected chi connectivity index (χ2v) is 6.17. The topological polar surface area (TPSA) is 64.1 Å². The highest BCUT2D eigenvalue weighted by Crippen LogP contribution is 2.28. The molecule has 0 fully saturated rings. The molecule has 0 aliphatic carbocycles. The molecule has 1 aromatic heterocycles. The number of benzene rings is 1. The minimum absolute atomic E-state index is 0.0582. The lowest BCUT2D eigenvalue weighted by atomic mass is 9.96. The van der Waals surface area contributed by atoms with E-state index in [9.17, 15) is 18.0 Å². The van der Waals surface area contributed by atoms with Crippen LogP contribution in [0.25, 0.3) is 0 Å². The monoisotopic (exact) mass is 365 g/mol. The first-order valence-electron chi connectivity index (χ1n) is 8.23. The van der Waals surface area contributed by atoms with Crippen molar-refractivity contribution in [3.05, 3.63) is 53.1 Å². The molecule has 0 bridgehead atoms. The van der Waals surface area contributed by atoms with Gasteiger partial charge in [-0.2, -0.15) is 13.2 Å². The average Bonchev–Trinajstić information content (AvgIpc) is 2.60. The van der Waals surface area contributed by atoms with Gasteiger partial charge in [-0.15, -0.1) is 0 Å². The Morgan fingerprint density at radius 2 is 2.08 bits per heavy atom. The molecular weight excluding hydrogens is 347 g/mol. The molecule has 2 heterocycles. The molecule has 0 saturated carbocycles. The zero-order chi connectivity index (χ0) is 18.7. The van der Waals surface area contributed by atoms with Crippen LogP contribution in [-0.2, 0) is 23.8 Å². The molecule has 1 amide bonds. The number of hydrogen-bond donors (Lipinski definition) is 1. The molecule has 5 nitrogen and oxygen atoms in total. The van der Waals surface area contributed by atoms with Crippen molar-refractivity contribution in [2.24, 2.45) is 5.92 Å². The third-order valence-corrected chi connectivity index (χ3v) is 4.09. The van der Waals surface area contributed by atoms with Gasteiger partial charge < -0.3 is 10.1 Å². The van der Waals surface area contributed by atoms with Crippen LogP contribution in [0.4, 0.5) is 13.2 Å². The van der Waals surface area contributed by atoms with Crippen molar-refractivity contribution in [3.63, 3.8) is 0 Å². The number of nitrogens with zero attached hydrogens (tertiary/aromatic N) is 2. The van der Waals surface area contributed by atoms with Crippen molar-refractivity contribution in [1.82, 2.24) is 15.3 Å². The Hall–Kier alpha value is -2.64. The van der Waals surface area contributed by atoms with Crippen molar-refractivity contribution in [2.75, 3.05) is 13.2 Å². The van der Waals surface area contributed by atoms with E-state index in [2.05, 4.69) is 15.3 Å². The maximum atomic E-state index is 12.8. The lowest BCUT2D eigenvalue weighted by molar-refractivity contribution is -0.141. The van der Waals surface area contributed by atoms with Gasteiger partial charge in [0.2, 0.25) is 5.91 Å². The van der Waals surface area contributed by atoms with Crippen molar-refractivity contribution in [1.29, 1.82) is 0 Å². The van der Waals surface area contributed by atoms with Gasteiger partial charge in [0.05, 0.1) is 5.92 Å². The van der Waals surface area contributed by atoms with Gasteiger partial charge in [0.15, 0.2) is 0 Å². The summed E-state index contributed by atoms with van der Waals surface area (Å²) in [6.45, 7) is 1.93. The molecule has 1 N–H and O–H groups in total. The lowest BCUT2D eigenvalue weighted by Gasteiger charge is -2.24. The SMILES string of the molecule is Cc1cc(C(F)(F)F)nc(CCNC(=O)[C@@H]2COc3ccccc3C2)n1. The second-order valence-electron chi connectivity index (χ2n) is 6.17. The molecule has 0 unspecified atom stereocenters. The highest BCUT2D eigenvalue weighted by Gasteiger charge is 2.33. The highest BCUT2D eigenvalue weighted by molar-refractivity contribution is 5.79. The summed E-state index contributed by atoms with van der Waals surface area (Å²) in [5.74, 6) is 0.324. The molecule has 1 aliphatic rings. The zero-order valence-corrected chi connectivity index (χ0v) is 14.1. The van der Waals surface area contributed by atoms with Crippen molar-refractivity contribution in [3.8, 4) is 5.75 Å². The van der Waals surface area contributed by atoms with E-state index in [4.69, 9.17) is 4.74 Å². The molecule has 1 atom stereocenters. The average molecular weight is 365 g/mol. The van der Waals surface area contributed by atoms with E-state index in [1.807, 2.05) is 24.3 Å². The van der Waals surface area contributed by atoms with Gasteiger partial charge in [0, 0.05) is 18.7 Å². The molecule has 8 heteroatoms. The molecule has 0 spiro atoms. The number of aryl methyl sites for hydroxylation is 1. The Labute approximate surface area is 148 Å². The van der Waals surface area contributed by atoms with E-state index in [-0.39, 0.29) is 42.9 Å². The Kier molecular flexibility index (Phi) is 5.11. The van der Waals surface area contributed by atoms with Gasteiger partial charge in [-0.3, -0.25) is 4.79 Å². The predicted molar refractivity (Wildman–Crippen MR) is 87.6 cm³/mol. The fraction of sp³-hybridized carbons (Fsp3) is 0.389. The van der Waals surface area contributed by atoms with Gasteiger partial charge in [0.1, 0.15) is 23.9 Å². The van der Waals surface area contributed by atoms with Gasteiger partial charge >= 0.3 is 6.18 Å². The molecule has 2 aromatic rings. The zero-order valence-electron chi connectivity index (χ0n) is 14.1. The van der Waals surface area contributed by atoms with E-state index in [1.54, 1.807) is 0 Å². The third-order valence-electron chi connectivity index (χ3n) is 4.09. The van der Waals surface area contributed by atoms with Crippen LogP contribution in [0.3, 0.4) is 0 Å². The third kappa shape index (κ3) is 4.30. The minimum Gasteiger partial charge on any atom is -0.492 e. The Bertz CT molecular complexity index is 809. The summed E-state index contributed by atoms with van der Waals surface area (Å²) >= 11 is 0. The summed E-state index contributed by atoms with van der Waals surface area (Å²) in [5, 5.41) is 2.73. The number of amides is 1. The molecule has 1 aromatic carbocycles. The number of para-hydroxylation sites is 1. The van der Waals surface area contributed by atoms with E-state index in [0.717, 1.165) is 17.4 Å². The summed E-state index contributed by atoms with van der Waals surface area (Å²) < 4.78 is 43.9. The molecule has 0 saturated heterocycles. The largest absolute Gasteiger partial charge is 0.492 e. The Morgan fingerprint density at radius 3 is 2.85 bits per heavy atom. The van der Waals surface area contributed by atoms with E-state index in [0.29, 0.717) is 6.42 Å². The number of nitrogens with one attached hydrogen (secondary N) is 1. The number of carbonyl (C=O) groups is 1. The van der Waals surface area contributed by atoms with Gasteiger partial charge in [-0.25, -0.2) is 9.97 Å². The quantitative estimate of drug-likeness (QED) is 0.905. The van der Waals surface area contributed by atoms with Crippen molar-refractivity contribution in [2.45, 2.75) is 25.9 Å². The molecule has 26 heavy (non-hydrogen) atoms. The number of rotatable bonds is 4. The van der Waals surface area contributed by atoms with Gasteiger partial charge in [-0.1, -0.05) is 18.2 Å². The number of halogens is 3. The van der Waals surface area contributed by atoms with Crippen LogP contribution in [0.1, 0.15) is 22.8 Å². The lowest BCUT2D eigenvalue weighted by Crippen LogP contribution is -2.38. The molecule has 0 radical (unpaired) electrons. The summed E-state index contributed by atoms with van der Waals surface area (Å²) in [7, 11) is 0. The van der Waals surface area contributed by atoms with Crippen LogP contribution in [0.15, 0.2) is 30.3 Å². The molecular formula is C18H18F3N3O2. The number of alkyl halides is 3. The maximum absolute atomic E-state index is 12.8. The normalized spacial score (nSPS) is 16.5. The van der Waals surface area contributed by atoms with E-state index in [1.165, 1.54) is 6.92 Å². The van der Waals surface area contributed by atoms with Gasteiger partial charge in [0.25, 0.3) is 0 Å². The number of ether oxygens (including phenoxy) is 1. The van der Waals surface area contributed by atoms with Crippen LogP contribution in [0, 0.1) is 12.8 Å². The van der Waals surface area contributed by atoms with Crippen molar-refractivity contribution < 1.29 is 22.7 Å². The summed E-state index contributed by atoms with van der Waals surface area (Å²) in [5.41, 5.74) is 0.241. The van der Waals surface area contributed by atoms with E-state index >= 15 is 0 Å². The maximum Gasteiger partial charge on any atom is 0.433 e. The minimum atomic E-state index is -4.52. The van der Waals surface area contributed by atoms with Crippen molar-refractivity contribution >= 4 is 5.91 Å².